The zero-order valence-electron chi connectivity index (χ0n) is 11.3. The molecule has 1 saturated carbocycles. The van der Waals surface area contributed by atoms with Crippen molar-refractivity contribution in [3.05, 3.63) is 27.9 Å². The number of aryl methyl sites for hydroxylation is 1. The summed E-state index contributed by atoms with van der Waals surface area (Å²) in [6.45, 7) is 1.73. The van der Waals surface area contributed by atoms with Gasteiger partial charge in [-0.1, -0.05) is 12.8 Å². The van der Waals surface area contributed by atoms with E-state index in [9.17, 15) is 14.9 Å². The monoisotopic (exact) mass is 279 g/mol. The van der Waals surface area contributed by atoms with Crippen molar-refractivity contribution in [2.75, 3.05) is 5.32 Å². The number of hydrogen-bond donors (Lipinski definition) is 2. The minimum absolute atomic E-state index is 0.0328. The molecule has 1 heterocycles. The minimum atomic E-state index is -0.848. The molecule has 0 radical (unpaired) electrons. The largest absolute Gasteiger partial charge is 0.481 e. The van der Waals surface area contributed by atoms with Gasteiger partial charge in [-0.05, 0) is 25.3 Å². The minimum Gasteiger partial charge on any atom is -0.481 e. The van der Waals surface area contributed by atoms with Gasteiger partial charge in [-0.3, -0.25) is 14.9 Å². The van der Waals surface area contributed by atoms with E-state index in [1.165, 1.54) is 12.3 Å². The third-order valence-electron chi connectivity index (χ3n) is 3.71. The van der Waals surface area contributed by atoms with Crippen LogP contribution in [0.4, 0.5) is 11.5 Å². The van der Waals surface area contributed by atoms with Crippen LogP contribution in [0.3, 0.4) is 0 Å². The Morgan fingerprint density at radius 1 is 1.55 bits per heavy atom. The summed E-state index contributed by atoms with van der Waals surface area (Å²) in [7, 11) is 0. The molecule has 20 heavy (non-hydrogen) atoms. The smallest absolute Gasteiger partial charge is 0.305 e. The molecule has 0 unspecified atom stereocenters. The van der Waals surface area contributed by atoms with Gasteiger partial charge in [-0.2, -0.15) is 0 Å². The maximum absolute atomic E-state index is 11.0. The predicted octanol–water partition coefficient (Wildman–Crippen LogP) is 2.50. The molecular formula is C13H17N3O4. The number of carboxylic acid groups (broad SMARTS) is 1. The van der Waals surface area contributed by atoms with E-state index in [1.807, 2.05) is 0 Å². The van der Waals surface area contributed by atoms with Crippen LogP contribution in [0, 0.1) is 17.0 Å². The van der Waals surface area contributed by atoms with Crippen LogP contribution in [0.25, 0.3) is 0 Å². The molecule has 0 bridgehead atoms. The number of carboxylic acids is 1. The Morgan fingerprint density at radius 2 is 2.20 bits per heavy atom. The fourth-order valence-electron chi connectivity index (χ4n) is 2.73. The van der Waals surface area contributed by atoms with E-state index in [1.54, 1.807) is 6.92 Å². The van der Waals surface area contributed by atoms with Crippen LogP contribution in [0.5, 0.6) is 0 Å². The Bertz CT molecular complexity index is 538. The van der Waals surface area contributed by atoms with Gasteiger partial charge in [-0.15, -0.1) is 0 Å². The van der Waals surface area contributed by atoms with Crippen LogP contribution in [0.1, 0.15) is 37.7 Å². The van der Waals surface area contributed by atoms with E-state index >= 15 is 0 Å². The summed E-state index contributed by atoms with van der Waals surface area (Å²) >= 11 is 0. The molecule has 7 heteroatoms. The lowest BCUT2D eigenvalue weighted by molar-refractivity contribution is -0.385. The molecule has 0 amide bonds. The number of rotatable bonds is 5. The van der Waals surface area contributed by atoms with Gasteiger partial charge in [0.05, 0.1) is 11.3 Å². The number of aromatic nitrogens is 1. The molecule has 0 spiro atoms. The lowest BCUT2D eigenvalue weighted by Crippen LogP contribution is -2.38. The van der Waals surface area contributed by atoms with Crippen LogP contribution in [0.2, 0.25) is 0 Å². The average molecular weight is 279 g/mol. The van der Waals surface area contributed by atoms with Crippen molar-refractivity contribution in [1.29, 1.82) is 0 Å². The molecular weight excluding hydrogens is 262 g/mol. The van der Waals surface area contributed by atoms with Gasteiger partial charge in [0.25, 0.3) is 5.69 Å². The molecule has 7 nitrogen and oxygen atoms in total. The number of pyridine rings is 1. The van der Waals surface area contributed by atoms with Crippen LogP contribution in [-0.4, -0.2) is 26.5 Å². The first-order valence-electron chi connectivity index (χ1n) is 6.53. The molecule has 0 saturated heterocycles. The van der Waals surface area contributed by atoms with E-state index in [0.717, 1.165) is 25.7 Å². The number of carbonyl (C=O) groups is 1. The van der Waals surface area contributed by atoms with E-state index in [-0.39, 0.29) is 12.1 Å². The van der Waals surface area contributed by atoms with Crippen molar-refractivity contribution >= 4 is 17.5 Å². The highest BCUT2D eigenvalue weighted by Crippen LogP contribution is 2.36. The van der Waals surface area contributed by atoms with Crippen LogP contribution >= 0.6 is 0 Å². The highest BCUT2D eigenvalue weighted by Gasteiger charge is 2.36. The number of aliphatic carboxylic acids is 1. The Morgan fingerprint density at radius 3 is 2.70 bits per heavy atom. The fraction of sp³-hybridized carbons (Fsp3) is 0.538. The van der Waals surface area contributed by atoms with Gasteiger partial charge in [-0.25, -0.2) is 4.98 Å². The third kappa shape index (κ3) is 3.04. The summed E-state index contributed by atoms with van der Waals surface area (Å²) in [5, 5.41) is 22.9. The van der Waals surface area contributed by atoms with Crippen molar-refractivity contribution in [3.8, 4) is 0 Å². The molecule has 1 fully saturated rings. The predicted molar refractivity (Wildman–Crippen MR) is 72.7 cm³/mol. The fourth-order valence-corrected chi connectivity index (χ4v) is 2.73. The molecule has 2 rings (SSSR count). The third-order valence-corrected chi connectivity index (χ3v) is 3.71. The number of nitrogens with one attached hydrogen (secondary N) is 1. The van der Waals surface area contributed by atoms with Crippen molar-refractivity contribution in [2.24, 2.45) is 0 Å². The Labute approximate surface area is 116 Å². The molecule has 108 valence electrons. The highest BCUT2D eigenvalue weighted by atomic mass is 16.6. The van der Waals surface area contributed by atoms with Crippen LogP contribution in [0.15, 0.2) is 12.3 Å². The normalized spacial score (nSPS) is 16.9. The van der Waals surface area contributed by atoms with Crippen molar-refractivity contribution in [3.63, 3.8) is 0 Å². The first-order valence-corrected chi connectivity index (χ1v) is 6.53. The quantitative estimate of drug-likeness (QED) is 0.633. The maximum atomic E-state index is 11.0. The number of nitrogens with zero attached hydrogens (tertiary/aromatic N) is 2. The second-order valence-electron chi connectivity index (χ2n) is 5.30. The first-order chi connectivity index (χ1) is 9.42. The van der Waals surface area contributed by atoms with Gasteiger partial charge in [0.2, 0.25) is 0 Å². The highest BCUT2D eigenvalue weighted by molar-refractivity contribution is 5.69. The van der Waals surface area contributed by atoms with Gasteiger partial charge in [0.1, 0.15) is 12.0 Å². The number of hydrogen-bond acceptors (Lipinski definition) is 5. The summed E-state index contributed by atoms with van der Waals surface area (Å²) in [4.78, 5) is 25.3. The van der Waals surface area contributed by atoms with Gasteiger partial charge in [0, 0.05) is 11.6 Å². The Kier molecular flexibility index (Phi) is 3.87. The lowest BCUT2D eigenvalue weighted by Gasteiger charge is -2.29. The molecule has 1 aliphatic rings. The second kappa shape index (κ2) is 5.44. The average Bonchev–Trinajstić information content (AvgIpc) is 2.79. The summed E-state index contributed by atoms with van der Waals surface area (Å²) in [6.07, 6.45) is 4.73. The molecule has 0 aromatic carbocycles. The first kappa shape index (κ1) is 14.2. The topological polar surface area (TPSA) is 105 Å². The van der Waals surface area contributed by atoms with Crippen LogP contribution in [-0.2, 0) is 4.79 Å². The Hall–Kier alpha value is -2.18. The number of nitro groups is 1. The second-order valence-corrected chi connectivity index (χ2v) is 5.30. The van der Waals surface area contributed by atoms with Gasteiger partial charge >= 0.3 is 5.97 Å². The van der Waals surface area contributed by atoms with Crippen LogP contribution < -0.4 is 5.32 Å². The van der Waals surface area contributed by atoms with Gasteiger partial charge in [0.15, 0.2) is 0 Å². The van der Waals surface area contributed by atoms with E-state index < -0.39 is 16.4 Å². The van der Waals surface area contributed by atoms with Crippen molar-refractivity contribution < 1.29 is 14.8 Å². The molecule has 1 aliphatic carbocycles. The van der Waals surface area contributed by atoms with Crippen molar-refractivity contribution in [1.82, 2.24) is 4.98 Å². The van der Waals surface area contributed by atoms with E-state index in [2.05, 4.69) is 10.3 Å². The van der Waals surface area contributed by atoms with E-state index in [0.29, 0.717) is 11.4 Å². The molecule has 1 aromatic heterocycles. The Balaban J connectivity index is 2.23. The summed E-state index contributed by atoms with van der Waals surface area (Å²) < 4.78 is 0. The molecule has 2 N–H and O–H groups in total. The maximum Gasteiger partial charge on any atom is 0.305 e. The number of anilines is 1. The summed E-state index contributed by atoms with van der Waals surface area (Å²) in [5.41, 5.74) is 0.0994. The molecule has 0 atom stereocenters. The lowest BCUT2D eigenvalue weighted by atomic mass is 9.93. The van der Waals surface area contributed by atoms with Crippen molar-refractivity contribution in [2.45, 2.75) is 44.6 Å². The van der Waals surface area contributed by atoms with Gasteiger partial charge < -0.3 is 10.4 Å². The molecule has 0 aliphatic heterocycles. The standard InChI is InChI=1S/C13H17N3O4/c1-9-6-10(16(19)20)8-14-12(9)15-13(7-11(17)18)4-2-3-5-13/h6,8H,2-5,7H2,1H3,(H,14,15)(H,17,18). The molecule has 1 aromatic rings. The zero-order valence-corrected chi connectivity index (χ0v) is 11.3. The zero-order chi connectivity index (χ0) is 14.8. The summed E-state index contributed by atoms with van der Waals surface area (Å²) in [5.74, 6) is -0.322. The summed E-state index contributed by atoms with van der Waals surface area (Å²) in [6, 6.07) is 1.44. The van der Waals surface area contributed by atoms with E-state index in [4.69, 9.17) is 5.11 Å². The SMILES string of the molecule is Cc1cc([N+](=O)[O-])cnc1NC1(CC(=O)O)CCCC1.